The lowest BCUT2D eigenvalue weighted by Gasteiger charge is -2.26. The van der Waals surface area contributed by atoms with Gasteiger partial charge in [-0.15, -0.1) is 0 Å². The van der Waals surface area contributed by atoms with Crippen molar-refractivity contribution in [3.63, 3.8) is 0 Å². The van der Waals surface area contributed by atoms with E-state index in [1.807, 2.05) is 20.8 Å². The van der Waals surface area contributed by atoms with E-state index >= 15 is 0 Å². The Balaban J connectivity index is 4.20. The third kappa shape index (κ3) is 8.91. The summed E-state index contributed by atoms with van der Waals surface area (Å²) < 4.78 is 0. The van der Waals surface area contributed by atoms with Crippen molar-refractivity contribution >= 4 is 11.8 Å². The van der Waals surface area contributed by atoms with E-state index in [2.05, 4.69) is 19.2 Å². The number of likely N-dealkylation sites (N-methyl/N-ethyl adjacent to an activating group) is 1. The van der Waals surface area contributed by atoms with Crippen LogP contribution in [0.1, 0.15) is 53.9 Å². The number of hydrogen-bond donors (Lipinski definition) is 2. The molecule has 2 amide bonds. The fourth-order valence-electron chi connectivity index (χ4n) is 1.91. The highest BCUT2D eigenvalue weighted by molar-refractivity contribution is 5.84. The van der Waals surface area contributed by atoms with Crippen LogP contribution in [0.5, 0.6) is 0 Å². The predicted octanol–water partition coefficient (Wildman–Crippen LogP) is 1.51. The maximum absolute atomic E-state index is 12.0. The Morgan fingerprint density at radius 3 is 2.10 bits per heavy atom. The molecule has 0 aromatic rings. The van der Waals surface area contributed by atoms with E-state index in [0.717, 1.165) is 12.8 Å². The van der Waals surface area contributed by atoms with Crippen LogP contribution in [0.2, 0.25) is 0 Å². The Morgan fingerprint density at radius 2 is 1.65 bits per heavy atom. The minimum Gasteiger partial charge on any atom is -0.350 e. The molecule has 3 N–H and O–H groups in total. The molecule has 0 rings (SSSR count). The SMILES string of the molecule is CN(CC(=O)NC(C)(C)C)C(=O)CCC(C)(C)CCN. The van der Waals surface area contributed by atoms with Gasteiger partial charge in [0.1, 0.15) is 0 Å². The van der Waals surface area contributed by atoms with Gasteiger partial charge in [0.15, 0.2) is 0 Å². The molecule has 0 saturated heterocycles. The minimum atomic E-state index is -0.274. The van der Waals surface area contributed by atoms with Crippen molar-refractivity contribution in [2.75, 3.05) is 20.1 Å². The molecule has 20 heavy (non-hydrogen) atoms. The molecular weight excluding hydrogens is 254 g/mol. The Kier molecular flexibility index (Phi) is 7.20. The van der Waals surface area contributed by atoms with Crippen LogP contribution in [0.15, 0.2) is 0 Å². The van der Waals surface area contributed by atoms with Gasteiger partial charge >= 0.3 is 0 Å². The molecule has 0 aliphatic carbocycles. The van der Waals surface area contributed by atoms with Gasteiger partial charge in [0, 0.05) is 19.0 Å². The van der Waals surface area contributed by atoms with E-state index < -0.39 is 0 Å². The molecule has 0 bridgehead atoms. The first-order valence-electron chi connectivity index (χ1n) is 7.22. The normalized spacial score (nSPS) is 12.2. The second-order valence-electron chi connectivity index (χ2n) is 7.25. The summed E-state index contributed by atoms with van der Waals surface area (Å²) in [5, 5.41) is 2.85. The lowest BCUT2D eigenvalue weighted by molar-refractivity contribution is -0.135. The van der Waals surface area contributed by atoms with Gasteiger partial charge < -0.3 is 16.0 Å². The molecule has 0 aliphatic rings. The monoisotopic (exact) mass is 285 g/mol. The van der Waals surface area contributed by atoms with E-state index in [9.17, 15) is 9.59 Å². The van der Waals surface area contributed by atoms with Gasteiger partial charge in [-0.2, -0.15) is 0 Å². The third-order valence-electron chi connectivity index (χ3n) is 3.16. The highest BCUT2D eigenvalue weighted by Crippen LogP contribution is 2.26. The maximum Gasteiger partial charge on any atom is 0.240 e. The van der Waals surface area contributed by atoms with E-state index in [1.54, 1.807) is 7.05 Å². The van der Waals surface area contributed by atoms with Crippen molar-refractivity contribution in [1.82, 2.24) is 10.2 Å². The van der Waals surface area contributed by atoms with Gasteiger partial charge in [0.25, 0.3) is 0 Å². The predicted molar refractivity (Wildman–Crippen MR) is 82.2 cm³/mol. The Hall–Kier alpha value is -1.10. The molecule has 0 unspecified atom stereocenters. The quantitative estimate of drug-likeness (QED) is 0.744. The van der Waals surface area contributed by atoms with E-state index in [4.69, 9.17) is 5.73 Å². The van der Waals surface area contributed by atoms with Gasteiger partial charge in [0.05, 0.1) is 6.54 Å². The third-order valence-corrected chi connectivity index (χ3v) is 3.16. The van der Waals surface area contributed by atoms with Crippen LogP contribution in [-0.4, -0.2) is 42.4 Å². The van der Waals surface area contributed by atoms with Crippen molar-refractivity contribution in [1.29, 1.82) is 0 Å². The van der Waals surface area contributed by atoms with Crippen LogP contribution in [0.25, 0.3) is 0 Å². The Morgan fingerprint density at radius 1 is 1.10 bits per heavy atom. The summed E-state index contributed by atoms with van der Waals surface area (Å²) in [6.07, 6.45) is 2.13. The molecule has 0 heterocycles. The highest BCUT2D eigenvalue weighted by atomic mass is 16.2. The van der Waals surface area contributed by atoms with Gasteiger partial charge in [-0.3, -0.25) is 9.59 Å². The van der Waals surface area contributed by atoms with Crippen LogP contribution >= 0.6 is 0 Å². The average Bonchev–Trinajstić information content (AvgIpc) is 2.22. The van der Waals surface area contributed by atoms with Crippen molar-refractivity contribution in [2.24, 2.45) is 11.1 Å². The molecule has 0 aliphatic heterocycles. The summed E-state index contributed by atoms with van der Waals surface area (Å²) in [6.45, 7) is 10.7. The molecule has 5 heteroatoms. The summed E-state index contributed by atoms with van der Waals surface area (Å²) in [7, 11) is 1.67. The second kappa shape index (κ2) is 7.62. The van der Waals surface area contributed by atoms with Crippen molar-refractivity contribution in [3.05, 3.63) is 0 Å². The van der Waals surface area contributed by atoms with Gasteiger partial charge in [-0.1, -0.05) is 13.8 Å². The van der Waals surface area contributed by atoms with Gasteiger partial charge in [-0.05, 0) is 45.6 Å². The summed E-state index contributed by atoms with van der Waals surface area (Å²) in [6, 6.07) is 0. The molecule has 0 aromatic heterocycles. The van der Waals surface area contributed by atoms with E-state index in [-0.39, 0.29) is 29.3 Å². The minimum absolute atomic E-state index is 0.000782. The van der Waals surface area contributed by atoms with E-state index in [0.29, 0.717) is 13.0 Å². The lowest BCUT2D eigenvalue weighted by atomic mass is 9.84. The summed E-state index contributed by atoms with van der Waals surface area (Å²) >= 11 is 0. The fraction of sp³-hybridized carbons (Fsp3) is 0.867. The van der Waals surface area contributed by atoms with Gasteiger partial charge in [-0.25, -0.2) is 0 Å². The molecule has 0 atom stereocenters. The Labute approximate surface area is 123 Å². The summed E-state index contributed by atoms with van der Waals surface area (Å²) in [5.74, 6) is -0.131. The molecule has 118 valence electrons. The number of carbonyl (C=O) groups excluding carboxylic acids is 2. The molecular formula is C15H31N3O2. The first-order valence-corrected chi connectivity index (χ1v) is 7.22. The first-order chi connectivity index (χ1) is 8.97. The molecule has 0 fully saturated rings. The highest BCUT2D eigenvalue weighted by Gasteiger charge is 2.21. The topological polar surface area (TPSA) is 75.4 Å². The Bertz CT molecular complexity index is 333. The van der Waals surface area contributed by atoms with Crippen LogP contribution in [-0.2, 0) is 9.59 Å². The summed E-state index contributed by atoms with van der Waals surface area (Å²) in [4.78, 5) is 25.3. The number of nitrogens with zero attached hydrogens (tertiary/aromatic N) is 1. The number of nitrogens with one attached hydrogen (secondary N) is 1. The fourth-order valence-corrected chi connectivity index (χ4v) is 1.91. The molecule has 5 nitrogen and oxygen atoms in total. The molecule has 0 aromatic carbocycles. The van der Waals surface area contributed by atoms with Crippen LogP contribution < -0.4 is 11.1 Å². The lowest BCUT2D eigenvalue weighted by Crippen LogP contribution is -2.46. The van der Waals surface area contributed by atoms with Crippen molar-refractivity contribution < 1.29 is 9.59 Å². The zero-order chi connectivity index (χ0) is 16.0. The zero-order valence-corrected chi connectivity index (χ0v) is 13.9. The van der Waals surface area contributed by atoms with Crippen molar-refractivity contribution in [3.8, 4) is 0 Å². The van der Waals surface area contributed by atoms with Crippen molar-refractivity contribution in [2.45, 2.75) is 59.4 Å². The molecule has 0 radical (unpaired) electrons. The second-order valence-corrected chi connectivity index (χ2v) is 7.25. The van der Waals surface area contributed by atoms with Crippen LogP contribution in [0.3, 0.4) is 0 Å². The van der Waals surface area contributed by atoms with Crippen LogP contribution in [0.4, 0.5) is 0 Å². The summed E-state index contributed by atoms with van der Waals surface area (Å²) in [5.41, 5.74) is 5.35. The number of amides is 2. The first kappa shape index (κ1) is 18.9. The molecule has 0 spiro atoms. The number of hydrogen-bond acceptors (Lipinski definition) is 3. The van der Waals surface area contributed by atoms with E-state index in [1.165, 1.54) is 4.90 Å². The maximum atomic E-state index is 12.0. The smallest absolute Gasteiger partial charge is 0.240 e. The standard InChI is InChI=1S/C15H31N3O2/c1-14(2,3)17-12(19)11-18(6)13(20)7-8-15(4,5)9-10-16/h7-11,16H2,1-6H3,(H,17,19). The number of carbonyl (C=O) groups is 2. The largest absolute Gasteiger partial charge is 0.350 e. The van der Waals surface area contributed by atoms with Gasteiger partial charge in [0.2, 0.25) is 11.8 Å². The number of rotatable bonds is 7. The number of nitrogens with two attached hydrogens (primary N) is 1. The zero-order valence-electron chi connectivity index (χ0n) is 13.9. The molecule has 0 saturated carbocycles. The van der Waals surface area contributed by atoms with Crippen LogP contribution in [0, 0.1) is 5.41 Å². The average molecular weight is 285 g/mol.